The Balaban J connectivity index is 1.56. The van der Waals surface area contributed by atoms with E-state index >= 15 is 0 Å². The van der Waals surface area contributed by atoms with E-state index in [-0.39, 0.29) is 5.91 Å². The van der Waals surface area contributed by atoms with Gasteiger partial charge in [-0.3, -0.25) is 4.79 Å². The largest absolute Gasteiger partial charge is 0.475 e. The number of anilines is 1. The van der Waals surface area contributed by atoms with Gasteiger partial charge in [-0.2, -0.15) is 5.10 Å². The molecule has 7 nitrogen and oxygen atoms in total. The average Bonchev–Trinajstić information content (AvgIpc) is 2.97. The number of benzene rings is 1. The van der Waals surface area contributed by atoms with Crippen LogP contribution in [0.3, 0.4) is 0 Å². The molecule has 3 aromatic rings. The molecular formula is C23H26N4O3. The van der Waals surface area contributed by atoms with Crippen LogP contribution in [0, 0.1) is 0 Å². The van der Waals surface area contributed by atoms with Gasteiger partial charge < -0.3 is 14.8 Å². The lowest BCUT2D eigenvalue weighted by atomic mass is 10.1. The molecule has 0 unspecified atom stereocenters. The van der Waals surface area contributed by atoms with E-state index < -0.39 is 0 Å². The fourth-order valence-electron chi connectivity index (χ4n) is 3.70. The normalized spacial score (nSPS) is 13.4. The number of rotatable bonds is 7. The Morgan fingerprint density at radius 2 is 1.90 bits per heavy atom. The second-order valence-corrected chi connectivity index (χ2v) is 7.26. The maximum absolute atomic E-state index is 13.1. The summed E-state index contributed by atoms with van der Waals surface area (Å²) in [7, 11) is 1.62. The highest BCUT2D eigenvalue weighted by Gasteiger charge is 2.24. The first-order valence-electron chi connectivity index (χ1n) is 10.3. The summed E-state index contributed by atoms with van der Waals surface area (Å²) in [5.41, 5.74) is 4.28. The monoisotopic (exact) mass is 406 g/mol. The molecule has 0 bridgehead atoms. The Morgan fingerprint density at radius 3 is 2.67 bits per heavy atom. The van der Waals surface area contributed by atoms with E-state index in [9.17, 15) is 4.79 Å². The van der Waals surface area contributed by atoms with Crippen molar-refractivity contribution in [2.75, 3.05) is 25.6 Å². The fraction of sp³-hybridized carbons (Fsp3) is 0.348. The van der Waals surface area contributed by atoms with Crippen molar-refractivity contribution in [3.8, 4) is 11.6 Å². The number of ether oxygens (including phenoxy) is 2. The van der Waals surface area contributed by atoms with E-state index in [0.29, 0.717) is 30.5 Å². The van der Waals surface area contributed by atoms with Gasteiger partial charge in [0.15, 0.2) is 5.69 Å². The summed E-state index contributed by atoms with van der Waals surface area (Å²) in [6.45, 7) is 0.924. The molecule has 1 aliphatic rings. The molecule has 30 heavy (non-hydrogen) atoms. The minimum Gasteiger partial charge on any atom is -0.475 e. The Morgan fingerprint density at radius 1 is 1.07 bits per heavy atom. The zero-order valence-corrected chi connectivity index (χ0v) is 17.1. The van der Waals surface area contributed by atoms with Gasteiger partial charge in [0.1, 0.15) is 6.61 Å². The van der Waals surface area contributed by atoms with Crippen molar-refractivity contribution in [1.29, 1.82) is 0 Å². The fourth-order valence-corrected chi connectivity index (χ4v) is 3.70. The Kier molecular flexibility index (Phi) is 6.39. The summed E-state index contributed by atoms with van der Waals surface area (Å²) in [5, 5.41) is 7.64. The standard InChI is InChI=1S/C23H26N4O3/c1-29-14-15-30-21-13-12-17(16-24-21)25-23(28)22-19-10-6-3-7-11-20(19)27(26-22)18-8-4-2-5-9-18/h2,4-5,8-9,12-13,16H,3,6-7,10-11,14-15H2,1H3,(H,25,28). The van der Waals surface area contributed by atoms with Crippen LogP contribution < -0.4 is 10.1 Å². The van der Waals surface area contributed by atoms with Crippen molar-refractivity contribution in [2.24, 2.45) is 0 Å². The van der Waals surface area contributed by atoms with Crippen LogP contribution in [0.5, 0.6) is 5.88 Å². The third-order valence-electron chi connectivity index (χ3n) is 5.18. The second-order valence-electron chi connectivity index (χ2n) is 7.26. The zero-order chi connectivity index (χ0) is 20.8. The van der Waals surface area contributed by atoms with Gasteiger partial charge in [0.25, 0.3) is 5.91 Å². The van der Waals surface area contributed by atoms with E-state index in [4.69, 9.17) is 14.6 Å². The zero-order valence-electron chi connectivity index (χ0n) is 17.1. The first-order chi connectivity index (χ1) is 14.8. The summed E-state index contributed by atoms with van der Waals surface area (Å²) in [5.74, 6) is 0.282. The van der Waals surface area contributed by atoms with Gasteiger partial charge in [-0.1, -0.05) is 24.6 Å². The molecule has 1 amide bonds. The van der Waals surface area contributed by atoms with Gasteiger partial charge in [-0.15, -0.1) is 0 Å². The number of nitrogens with one attached hydrogen (secondary N) is 1. The van der Waals surface area contributed by atoms with E-state index in [1.165, 1.54) is 6.42 Å². The van der Waals surface area contributed by atoms with Crippen LogP contribution in [0.15, 0.2) is 48.7 Å². The molecule has 4 rings (SSSR count). The van der Waals surface area contributed by atoms with E-state index in [1.807, 2.05) is 35.0 Å². The number of carbonyl (C=O) groups is 1. The SMILES string of the molecule is COCCOc1ccc(NC(=O)c2nn(-c3ccccc3)c3c2CCCCC3)cn1. The van der Waals surface area contributed by atoms with Crippen molar-refractivity contribution in [3.05, 3.63) is 65.6 Å². The molecule has 0 aliphatic heterocycles. The summed E-state index contributed by atoms with van der Waals surface area (Å²) in [4.78, 5) is 17.3. The molecular weight excluding hydrogens is 380 g/mol. The number of para-hydroxylation sites is 1. The lowest BCUT2D eigenvalue weighted by molar-refractivity contribution is 0.102. The van der Waals surface area contributed by atoms with E-state index in [1.54, 1.807) is 25.4 Å². The molecule has 0 saturated carbocycles. The van der Waals surface area contributed by atoms with E-state index in [2.05, 4.69) is 10.3 Å². The molecule has 2 aromatic heterocycles. The van der Waals surface area contributed by atoms with Gasteiger partial charge in [-0.05, 0) is 43.9 Å². The van der Waals surface area contributed by atoms with Gasteiger partial charge in [-0.25, -0.2) is 9.67 Å². The number of hydrogen-bond donors (Lipinski definition) is 1. The average molecular weight is 406 g/mol. The van der Waals surface area contributed by atoms with Crippen molar-refractivity contribution in [3.63, 3.8) is 0 Å². The highest BCUT2D eigenvalue weighted by molar-refractivity contribution is 6.04. The molecule has 0 fully saturated rings. The predicted octanol–water partition coefficient (Wildman–Crippen LogP) is 3.81. The first kappa shape index (κ1) is 20.1. The predicted molar refractivity (Wildman–Crippen MR) is 114 cm³/mol. The summed E-state index contributed by atoms with van der Waals surface area (Å²) in [6, 6.07) is 13.5. The quantitative estimate of drug-likeness (QED) is 0.477. The molecule has 0 saturated heterocycles. The van der Waals surface area contributed by atoms with Crippen molar-refractivity contribution in [2.45, 2.75) is 32.1 Å². The Labute approximate surface area is 176 Å². The lowest BCUT2D eigenvalue weighted by Gasteiger charge is -2.07. The smallest absolute Gasteiger partial charge is 0.276 e. The van der Waals surface area contributed by atoms with E-state index in [0.717, 1.165) is 42.6 Å². The molecule has 7 heteroatoms. The number of pyridine rings is 1. The van der Waals surface area contributed by atoms with Gasteiger partial charge in [0, 0.05) is 24.4 Å². The number of amides is 1. The van der Waals surface area contributed by atoms with Crippen LogP contribution in [0.1, 0.15) is 41.0 Å². The molecule has 156 valence electrons. The first-order valence-corrected chi connectivity index (χ1v) is 10.3. The molecule has 0 atom stereocenters. The maximum atomic E-state index is 13.1. The third-order valence-corrected chi connectivity index (χ3v) is 5.18. The summed E-state index contributed by atoms with van der Waals surface area (Å²) < 4.78 is 12.4. The van der Waals surface area contributed by atoms with Crippen LogP contribution in [0.2, 0.25) is 0 Å². The molecule has 2 heterocycles. The maximum Gasteiger partial charge on any atom is 0.276 e. The second kappa shape index (κ2) is 9.54. The van der Waals surface area contributed by atoms with Crippen molar-refractivity contribution >= 4 is 11.6 Å². The number of hydrogen-bond acceptors (Lipinski definition) is 5. The van der Waals surface area contributed by atoms with Crippen LogP contribution in [-0.2, 0) is 17.6 Å². The van der Waals surface area contributed by atoms with Crippen LogP contribution >= 0.6 is 0 Å². The molecule has 1 aliphatic carbocycles. The summed E-state index contributed by atoms with van der Waals surface area (Å²) in [6.07, 6.45) is 6.74. The highest BCUT2D eigenvalue weighted by Crippen LogP contribution is 2.27. The molecule has 0 radical (unpaired) electrons. The van der Waals surface area contributed by atoms with Crippen LogP contribution in [0.25, 0.3) is 5.69 Å². The van der Waals surface area contributed by atoms with Crippen molar-refractivity contribution in [1.82, 2.24) is 14.8 Å². The number of aromatic nitrogens is 3. The van der Waals surface area contributed by atoms with Crippen molar-refractivity contribution < 1.29 is 14.3 Å². The molecule has 1 aromatic carbocycles. The highest BCUT2D eigenvalue weighted by atomic mass is 16.5. The number of carbonyl (C=O) groups excluding carboxylic acids is 1. The number of nitrogens with zero attached hydrogens (tertiary/aromatic N) is 3. The minimum absolute atomic E-state index is 0.210. The lowest BCUT2D eigenvalue weighted by Crippen LogP contribution is -2.15. The Hall–Kier alpha value is -3.19. The minimum atomic E-state index is -0.210. The topological polar surface area (TPSA) is 78.3 Å². The Bertz CT molecular complexity index is 984. The summed E-state index contributed by atoms with van der Waals surface area (Å²) >= 11 is 0. The third kappa shape index (κ3) is 4.52. The molecule has 1 N–H and O–H groups in total. The molecule has 0 spiro atoms. The van der Waals surface area contributed by atoms with Gasteiger partial charge in [0.2, 0.25) is 5.88 Å². The van der Waals surface area contributed by atoms with Crippen LogP contribution in [0.4, 0.5) is 5.69 Å². The van der Waals surface area contributed by atoms with Crippen LogP contribution in [-0.4, -0.2) is 41.0 Å². The number of fused-ring (bicyclic) bond motifs is 1. The van der Waals surface area contributed by atoms with Gasteiger partial charge in [0.05, 0.1) is 24.2 Å². The number of methoxy groups -OCH3 is 1. The van der Waals surface area contributed by atoms with Gasteiger partial charge >= 0.3 is 0 Å².